The zero-order valence-electron chi connectivity index (χ0n) is 19.6. The fourth-order valence-corrected chi connectivity index (χ4v) is 4.35. The minimum atomic E-state index is -0.148. The number of hydrogen-bond donors (Lipinski definition) is 2. The molecule has 2 N–H and O–H groups in total. The zero-order valence-corrected chi connectivity index (χ0v) is 19.6. The number of nitrogens with one attached hydrogen (secondary N) is 1. The van der Waals surface area contributed by atoms with Crippen LogP contribution in [0.15, 0.2) is 36.4 Å². The van der Waals surface area contributed by atoms with Crippen LogP contribution in [0, 0.1) is 0 Å². The highest BCUT2D eigenvalue weighted by molar-refractivity contribution is 5.51. The van der Waals surface area contributed by atoms with Gasteiger partial charge < -0.3 is 19.5 Å². The Hall–Kier alpha value is -2.04. The molecule has 0 aromatic heterocycles. The molecular formula is C26H38NO3+. The summed E-state index contributed by atoms with van der Waals surface area (Å²) in [5.74, 6) is 1.30. The van der Waals surface area contributed by atoms with Crippen molar-refractivity contribution in [2.24, 2.45) is 0 Å². The summed E-state index contributed by atoms with van der Waals surface area (Å²) in [6, 6.07) is 13.1. The summed E-state index contributed by atoms with van der Waals surface area (Å²) in [6.07, 6.45) is 0. The first kappa shape index (κ1) is 22.6. The van der Waals surface area contributed by atoms with Crippen molar-refractivity contribution in [1.82, 2.24) is 0 Å². The van der Waals surface area contributed by atoms with E-state index in [1.807, 2.05) is 12.1 Å². The van der Waals surface area contributed by atoms with E-state index in [4.69, 9.17) is 9.47 Å². The van der Waals surface area contributed by atoms with Crippen LogP contribution in [0.5, 0.6) is 11.5 Å². The van der Waals surface area contributed by atoms with Gasteiger partial charge in [-0.1, -0.05) is 41.5 Å². The maximum Gasteiger partial charge on any atom is 0.139 e. The van der Waals surface area contributed by atoms with Crippen LogP contribution in [0.3, 0.4) is 0 Å². The molecule has 0 radical (unpaired) electrons. The fourth-order valence-electron chi connectivity index (χ4n) is 4.35. The standard InChI is InChI=1S/C26H37NO3/c1-25(2,3)21-16-19(17-22(24(21)28)26(4,5)6)23(27-12-14-30-15-13-27)18-8-10-20(29-7)11-9-18/h8-11,16-17,23,28H,12-15H2,1-7H3/p+1/t23-/m0/s1. The summed E-state index contributed by atoms with van der Waals surface area (Å²) in [4.78, 5) is 1.50. The molecule has 3 rings (SSSR count). The van der Waals surface area contributed by atoms with E-state index in [1.54, 1.807) is 7.11 Å². The zero-order chi connectivity index (χ0) is 22.1. The summed E-state index contributed by atoms with van der Waals surface area (Å²) in [5, 5.41) is 11.2. The molecule has 0 aliphatic carbocycles. The number of quaternary nitrogens is 1. The maximum atomic E-state index is 11.2. The van der Waals surface area contributed by atoms with Crippen molar-refractivity contribution in [3.63, 3.8) is 0 Å². The van der Waals surface area contributed by atoms with Crippen molar-refractivity contribution in [1.29, 1.82) is 0 Å². The van der Waals surface area contributed by atoms with Crippen LogP contribution in [-0.2, 0) is 15.6 Å². The monoisotopic (exact) mass is 412 g/mol. The minimum Gasteiger partial charge on any atom is -0.507 e. The van der Waals surface area contributed by atoms with Gasteiger partial charge in [-0.15, -0.1) is 0 Å². The summed E-state index contributed by atoms with van der Waals surface area (Å²) in [6.45, 7) is 16.5. The first-order valence-electron chi connectivity index (χ1n) is 11.0. The van der Waals surface area contributed by atoms with E-state index in [2.05, 4.69) is 65.8 Å². The first-order valence-corrected chi connectivity index (χ1v) is 11.0. The Morgan fingerprint density at radius 2 is 1.37 bits per heavy atom. The molecule has 0 saturated carbocycles. The van der Waals surface area contributed by atoms with Crippen LogP contribution >= 0.6 is 0 Å². The van der Waals surface area contributed by atoms with Gasteiger partial charge in [0.25, 0.3) is 0 Å². The predicted octanol–water partition coefficient (Wildman–Crippen LogP) is 4.00. The van der Waals surface area contributed by atoms with Crippen LogP contribution in [0.1, 0.15) is 69.8 Å². The second-order valence-electron chi connectivity index (χ2n) is 10.4. The first-order chi connectivity index (χ1) is 14.0. The van der Waals surface area contributed by atoms with Gasteiger partial charge in [-0.25, -0.2) is 0 Å². The Labute approximate surface area is 181 Å². The molecule has 0 unspecified atom stereocenters. The molecule has 4 heteroatoms. The SMILES string of the molecule is COc1ccc([C@@H](c2cc(C(C)(C)C)c(O)c(C(C)(C)C)c2)[NH+]2CCOCC2)cc1. The number of aromatic hydroxyl groups is 1. The predicted molar refractivity (Wildman–Crippen MR) is 122 cm³/mol. The highest BCUT2D eigenvalue weighted by atomic mass is 16.5. The summed E-state index contributed by atoms with van der Waals surface area (Å²) < 4.78 is 11.0. The minimum absolute atomic E-state index is 0.148. The quantitative estimate of drug-likeness (QED) is 0.798. The van der Waals surface area contributed by atoms with Gasteiger partial charge in [0.15, 0.2) is 0 Å². The second kappa shape index (κ2) is 8.60. The molecule has 1 fully saturated rings. The number of rotatable bonds is 4. The molecule has 1 saturated heterocycles. The largest absolute Gasteiger partial charge is 0.507 e. The number of methoxy groups -OCH3 is 1. The molecule has 1 heterocycles. The molecular weight excluding hydrogens is 374 g/mol. The Morgan fingerprint density at radius 1 is 0.867 bits per heavy atom. The van der Waals surface area contributed by atoms with Gasteiger partial charge in [-0.3, -0.25) is 0 Å². The van der Waals surface area contributed by atoms with Crippen molar-refractivity contribution >= 4 is 0 Å². The Kier molecular flexibility index (Phi) is 6.49. The van der Waals surface area contributed by atoms with E-state index in [1.165, 1.54) is 16.0 Å². The summed E-state index contributed by atoms with van der Waals surface area (Å²) in [7, 11) is 1.70. The van der Waals surface area contributed by atoms with Gasteiger partial charge in [0.05, 0.1) is 20.3 Å². The topological polar surface area (TPSA) is 43.1 Å². The van der Waals surface area contributed by atoms with E-state index in [0.29, 0.717) is 5.75 Å². The molecule has 0 amide bonds. The van der Waals surface area contributed by atoms with Crippen molar-refractivity contribution in [3.05, 3.63) is 58.7 Å². The molecule has 1 aliphatic rings. The van der Waals surface area contributed by atoms with E-state index >= 15 is 0 Å². The number of phenolic OH excluding ortho intramolecular Hbond substituents is 1. The van der Waals surface area contributed by atoms with Crippen LogP contribution in [-0.4, -0.2) is 38.5 Å². The Bertz CT molecular complexity index is 818. The van der Waals surface area contributed by atoms with Gasteiger partial charge in [0.2, 0.25) is 0 Å². The van der Waals surface area contributed by atoms with E-state index in [0.717, 1.165) is 43.2 Å². The van der Waals surface area contributed by atoms with Gasteiger partial charge >= 0.3 is 0 Å². The highest BCUT2D eigenvalue weighted by Crippen LogP contribution is 2.41. The molecule has 1 atom stereocenters. The molecule has 1 aliphatic heterocycles. The molecule has 0 spiro atoms. The lowest BCUT2D eigenvalue weighted by Crippen LogP contribution is -3.14. The molecule has 164 valence electrons. The van der Waals surface area contributed by atoms with E-state index in [-0.39, 0.29) is 16.9 Å². The molecule has 2 aromatic carbocycles. The van der Waals surface area contributed by atoms with Crippen LogP contribution in [0.25, 0.3) is 0 Å². The number of benzene rings is 2. The number of morpholine rings is 1. The third-order valence-corrected chi connectivity index (χ3v) is 6.07. The highest BCUT2D eigenvalue weighted by Gasteiger charge is 2.33. The lowest BCUT2D eigenvalue weighted by Gasteiger charge is -2.34. The fraction of sp³-hybridized carbons (Fsp3) is 0.538. The lowest BCUT2D eigenvalue weighted by atomic mass is 9.77. The maximum absolute atomic E-state index is 11.2. The Balaban J connectivity index is 2.21. The van der Waals surface area contributed by atoms with Crippen molar-refractivity contribution < 1.29 is 19.5 Å². The molecule has 0 bridgehead atoms. The Morgan fingerprint density at radius 3 is 1.80 bits per heavy atom. The normalized spacial score (nSPS) is 17.0. The van der Waals surface area contributed by atoms with Crippen molar-refractivity contribution in [3.8, 4) is 11.5 Å². The average Bonchev–Trinajstić information content (AvgIpc) is 2.69. The molecule has 4 nitrogen and oxygen atoms in total. The van der Waals surface area contributed by atoms with Crippen molar-refractivity contribution in [2.45, 2.75) is 58.4 Å². The van der Waals surface area contributed by atoms with Crippen LogP contribution in [0.2, 0.25) is 0 Å². The average molecular weight is 413 g/mol. The van der Waals surface area contributed by atoms with Gasteiger partial charge in [-0.05, 0) is 47.2 Å². The number of hydrogen-bond acceptors (Lipinski definition) is 3. The lowest BCUT2D eigenvalue weighted by molar-refractivity contribution is -0.933. The third kappa shape index (κ3) is 4.81. The van der Waals surface area contributed by atoms with Crippen LogP contribution < -0.4 is 9.64 Å². The number of phenols is 1. The van der Waals surface area contributed by atoms with Gasteiger partial charge in [-0.2, -0.15) is 0 Å². The summed E-state index contributed by atoms with van der Waals surface area (Å²) in [5.41, 5.74) is 4.24. The van der Waals surface area contributed by atoms with Gasteiger partial charge in [0.1, 0.15) is 30.6 Å². The van der Waals surface area contributed by atoms with E-state index < -0.39 is 0 Å². The third-order valence-electron chi connectivity index (χ3n) is 6.07. The van der Waals surface area contributed by atoms with Crippen LogP contribution in [0.4, 0.5) is 0 Å². The summed E-state index contributed by atoms with van der Waals surface area (Å²) >= 11 is 0. The van der Waals surface area contributed by atoms with E-state index in [9.17, 15) is 5.11 Å². The van der Waals surface area contributed by atoms with Gasteiger partial charge in [0, 0.05) is 22.3 Å². The molecule has 2 aromatic rings. The number of ether oxygens (including phenoxy) is 2. The van der Waals surface area contributed by atoms with Crippen molar-refractivity contribution in [2.75, 3.05) is 33.4 Å². The molecule has 30 heavy (non-hydrogen) atoms. The second-order valence-corrected chi connectivity index (χ2v) is 10.4. The smallest absolute Gasteiger partial charge is 0.139 e.